The minimum atomic E-state index is -3.86. The van der Waals surface area contributed by atoms with Crippen molar-refractivity contribution in [2.75, 3.05) is 14.1 Å². The van der Waals surface area contributed by atoms with E-state index in [1.807, 2.05) is 44.1 Å². The molecule has 8 heteroatoms. The Morgan fingerprint density at radius 2 is 1.90 bits per heavy atom. The van der Waals surface area contributed by atoms with E-state index < -0.39 is 15.9 Å². The van der Waals surface area contributed by atoms with Gasteiger partial charge in [0.15, 0.2) is 0 Å². The molecule has 1 amide bonds. The van der Waals surface area contributed by atoms with Gasteiger partial charge in [-0.1, -0.05) is 30.3 Å². The molecular weight excluding hydrogens is 390 g/mol. The van der Waals surface area contributed by atoms with Crippen molar-refractivity contribution in [3.8, 4) is 0 Å². The second-order valence-electron chi connectivity index (χ2n) is 6.97. The lowest BCUT2D eigenvalue weighted by atomic mass is 10.1. The average molecular weight is 413 g/mol. The molecule has 0 aliphatic heterocycles. The Hall–Kier alpha value is -2.94. The molecule has 0 spiro atoms. The highest BCUT2D eigenvalue weighted by molar-refractivity contribution is 7.90. The summed E-state index contributed by atoms with van der Waals surface area (Å²) >= 11 is 0. The summed E-state index contributed by atoms with van der Waals surface area (Å²) in [5, 5.41) is 9.49. The van der Waals surface area contributed by atoms with Gasteiger partial charge in [0, 0.05) is 23.7 Å². The van der Waals surface area contributed by atoms with Gasteiger partial charge in [0.2, 0.25) is 0 Å². The van der Waals surface area contributed by atoms with E-state index >= 15 is 0 Å². The van der Waals surface area contributed by atoms with Gasteiger partial charge in [-0.3, -0.25) is 10.0 Å². The molecule has 7 nitrogen and oxygen atoms in total. The van der Waals surface area contributed by atoms with Crippen LogP contribution >= 0.6 is 0 Å². The summed E-state index contributed by atoms with van der Waals surface area (Å²) in [6.07, 6.45) is 2.56. The molecule has 29 heavy (non-hydrogen) atoms. The van der Waals surface area contributed by atoms with Gasteiger partial charge in [0.1, 0.15) is 0 Å². The van der Waals surface area contributed by atoms with Crippen LogP contribution in [0.25, 0.3) is 17.0 Å². The molecule has 1 heterocycles. The number of benzene rings is 2. The number of amides is 1. The first-order valence-corrected chi connectivity index (χ1v) is 10.4. The highest BCUT2D eigenvalue weighted by atomic mass is 32.2. The molecule has 2 aromatic carbocycles. The first-order valence-electron chi connectivity index (χ1n) is 8.97. The molecule has 0 saturated heterocycles. The molecule has 1 aromatic heterocycles. The zero-order valence-electron chi connectivity index (χ0n) is 16.5. The fourth-order valence-electron chi connectivity index (χ4n) is 3.32. The fourth-order valence-corrected chi connectivity index (χ4v) is 4.96. The standard InChI is InChI=1S/C21H23N3O4S/c1-15-19(14-23(2)3)18-9-4-5-10-20(18)24(15)29(27,28)17-8-6-7-16(13-17)11-12-21(25)22-26/h4-13,26H,14H2,1-3H3,(H,22,25)/b12-11+. The first kappa shape index (κ1) is 20.8. The summed E-state index contributed by atoms with van der Waals surface area (Å²) in [5.41, 5.74) is 4.28. The highest BCUT2D eigenvalue weighted by Gasteiger charge is 2.25. The van der Waals surface area contributed by atoms with Crippen molar-refractivity contribution in [1.82, 2.24) is 14.4 Å². The van der Waals surface area contributed by atoms with Gasteiger partial charge in [-0.05, 0) is 56.4 Å². The highest BCUT2D eigenvalue weighted by Crippen LogP contribution is 2.30. The lowest BCUT2D eigenvalue weighted by molar-refractivity contribution is -0.124. The maximum absolute atomic E-state index is 13.5. The van der Waals surface area contributed by atoms with Gasteiger partial charge in [-0.15, -0.1) is 0 Å². The Morgan fingerprint density at radius 1 is 1.17 bits per heavy atom. The van der Waals surface area contributed by atoms with Crippen molar-refractivity contribution in [2.24, 2.45) is 0 Å². The van der Waals surface area contributed by atoms with Crippen LogP contribution < -0.4 is 5.48 Å². The number of fused-ring (bicyclic) bond motifs is 1. The van der Waals surface area contributed by atoms with Gasteiger partial charge in [0.05, 0.1) is 10.4 Å². The van der Waals surface area contributed by atoms with E-state index in [0.717, 1.165) is 17.0 Å². The zero-order valence-corrected chi connectivity index (χ0v) is 17.3. The van der Waals surface area contributed by atoms with Gasteiger partial charge in [0.25, 0.3) is 15.9 Å². The number of carbonyl (C=O) groups is 1. The van der Waals surface area contributed by atoms with Gasteiger partial charge >= 0.3 is 0 Å². The molecule has 0 unspecified atom stereocenters. The van der Waals surface area contributed by atoms with E-state index in [2.05, 4.69) is 0 Å². The second kappa shape index (κ2) is 8.20. The predicted molar refractivity (Wildman–Crippen MR) is 112 cm³/mol. The number of para-hydroxylation sites is 1. The molecule has 3 rings (SSSR count). The Labute approximate surface area is 169 Å². The lowest BCUT2D eigenvalue weighted by Crippen LogP contribution is -2.16. The summed E-state index contributed by atoms with van der Waals surface area (Å²) in [4.78, 5) is 13.3. The third kappa shape index (κ3) is 4.09. The summed E-state index contributed by atoms with van der Waals surface area (Å²) in [6, 6.07) is 13.8. The summed E-state index contributed by atoms with van der Waals surface area (Å²) in [5.74, 6) is -0.696. The minimum Gasteiger partial charge on any atom is -0.305 e. The number of hydrogen-bond acceptors (Lipinski definition) is 5. The number of hydrogen-bond donors (Lipinski definition) is 2. The molecule has 3 aromatic rings. The van der Waals surface area contributed by atoms with Crippen molar-refractivity contribution in [1.29, 1.82) is 0 Å². The summed E-state index contributed by atoms with van der Waals surface area (Å²) < 4.78 is 28.4. The fraction of sp³-hybridized carbons (Fsp3) is 0.190. The lowest BCUT2D eigenvalue weighted by Gasteiger charge is -2.12. The summed E-state index contributed by atoms with van der Waals surface area (Å²) in [6.45, 7) is 2.43. The van der Waals surface area contributed by atoms with Crippen molar-refractivity contribution in [3.63, 3.8) is 0 Å². The SMILES string of the molecule is Cc1c(CN(C)C)c2ccccc2n1S(=O)(=O)c1cccc(/C=C/C(=O)NO)c1. The van der Waals surface area contributed by atoms with Crippen molar-refractivity contribution in [2.45, 2.75) is 18.4 Å². The maximum Gasteiger partial charge on any atom is 0.268 e. The smallest absolute Gasteiger partial charge is 0.268 e. The van der Waals surface area contributed by atoms with Crippen LogP contribution in [0, 0.1) is 6.92 Å². The van der Waals surface area contributed by atoms with E-state index in [9.17, 15) is 13.2 Å². The largest absolute Gasteiger partial charge is 0.305 e. The number of rotatable bonds is 6. The quantitative estimate of drug-likeness (QED) is 0.368. The van der Waals surface area contributed by atoms with E-state index in [4.69, 9.17) is 5.21 Å². The van der Waals surface area contributed by atoms with Crippen LogP contribution in [-0.2, 0) is 21.4 Å². The third-order valence-electron chi connectivity index (χ3n) is 4.60. The van der Waals surface area contributed by atoms with Gasteiger partial charge < -0.3 is 4.90 Å². The van der Waals surface area contributed by atoms with Gasteiger partial charge in [-0.2, -0.15) is 0 Å². The van der Waals surface area contributed by atoms with Crippen molar-refractivity contribution >= 4 is 32.9 Å². The van der Waals surface area contributed by atoms with Crippen LogP contribution in [0.5, 0.6) is 0 Å². The van der Waals surface area contributed by atoms with E-state index in [1.165, 1.54) is 27.7 Å². The Kier molecular flexibility index (Phi) is 5.88. The maximum atomic E-state index is 13.5. The van der Waals surface area contributed by atoms with Crippen LogP contribution in [0.4, 0.5) is 0 Å². The molecule has 0 radical (unpaired) electrons. The van der Waals surface area contributed by atoms with Crippen molar-refractivity contribution in [3.05, 3.63) is 71.4 Å². The molecule has 0 aliphatic carbocycles. The number of aromatic nitrogens is 1. The Morgan fingerprint density at radius 3 is 2.59 bits per heavy atom. The van der Waals surface area contributed by atoms with E-state index in [-0.39, 0.29) is 4.90 Å². The average Bonchev–Trinajstić information content (AvgIpc) is 2.98. The van der Waals surface area contributed by atoms with Crippen LogP contribution in [0.15, 0.2) is 59.5 Å². The van der Waals surface area contributed by atoms with Crippen LogP contribution in [0.2, 0.25) is 0 Å². The number of nitrogens with zero attached hydrogens (tertiary/aromatic N) is 2. The molecule has 152 valence electrons. The zero-order chi connectivity index (χ0) is 21.2. The topological polar surface area (TPSA) is 91.6 Å². The first-order chi connectivity index (χ1) is 13.8. The van der Waals surface area contributed by atoms with Crippen LogP contribution in [0.3, 0.4) is 0 Å². The minimum absolute atomic E-state index is 0.115. The summed E-state index contributed by atoms with van der Waals surface area (Å²) in [7, 11) is 0.0222. The number of hydroxylamine groups is 1. The molecule has 0 aliphatic rings. The van der Waals surface area contributed by atoms with Crippen LogP contribution in [0.1, 0.15) is 16.8 Å². The van der Waals surface area contributed by atoms with E-state index in [0.29, 0.717) is 23.3 Å². The Bertz CT molecular complexity index is 1190. The molecule has 0 bridgehead atoms. The predicted octanol–water partition coefficient (Wildman–Crippen LogP) is 2.77. The molecular formula is C21H23N3O4S. The van der Waals surface area contributed by atoms with E-state index in [1.54, 1.807) is 18.2 Å². The third-order valence-corrected chi connectivity index (χ3v) is 6.40. The Balaban J connectivity index is 2.16. The number of carbonyl (C=O) groups excluding carboxylic acids is 1. The normalized spacial score (nSPS) is 12.2. The molecule has 2 N–H and O–H groups in total. The molecule has 0 atom stereocenters. The molecule has 0 saturated carbocycles. The van der Waals surface area contributed by atoms with Crippen molar-refractivity contribution < 1.29 is 18.4 Å². The molecule has 0 fully saturated rings. The second-order valence-corrected chi connectivity index (χ2v) is 8.76. The monoisotopic (exact) mass is 413 g/mol. The van der Waals surface area contributed by atoms with Crippen LogP contribution in [-0.4, -0.2) is 42.5 Å². The number of nitrogens with one attached hydrogen (secondary N) is 1. The van der Waals surface area contributed by atoms with Gasteiger partial charge in [-0.25, -0.2) is 17.9 Å².